The molecule has 0 saturated carbocycles. The Kier molecular flexibility index (Phi) is 5.14. The molecule has 2 heterocycles. The van der Waals surface area contributed by atoms with Crippen LogP contribution >= 0.6 is 15.9 Å². The molecule has 0 amide bonds. The predicted molar refractivity (Wildman–Crippen MR) is 132 cm³/mol. The molecule has 2 aliphatic heterocycles. The van der Waals surface area contributed by atoms with Crippen LogP contribution < -0.4 is 4.90 Å². The minimum Gasteiger partial charge on any atom is -0.347 e. The zero-order chi connectivity index (χ0) is 21.7. The second kappa shape index (κ2) is 7.39. The summed E-state index contributed by atoms with van der Waals surface area (Å²) < 4.78 is 3.43. The zero-order valence-electron chi connectivity index (χ0n) is 18.7. The maximum atomic E-state index is 3.62. The molecule has 154 valence electrons. The van der Waals surface area contributed by atoms with Crippen LogP contribution in [0.3, 0.4) is 0 Å². The fraction of sp³-hybridized carbons (Fsp3) is 0.296. The summed E-state index contributed by atoms with van der Waals surface area (Å²) in [6.07, 6.45) is 10.9. The Balaban J connectivity index is 1.57. The zero-order valence-corrected chi connectivity index (χ0v) is 20.3. The number of halogens is 1. The molecule has 2 nitrogen and oxygen atoms in total. The van der Waals surface area contributed by atoms with E-state index in [2.05, 4.69) is 140 Å². The third-order valence-electron chi connectivity index (χ3n) is 6.67. The van der Waals surface area contributed by atoms with Crippen molar-refractivity contribution in [3.8, 4) is 0 Å². The monoisotopic (exact) mass is 461 g/mol. The predicted octanol–water partition coefficient (Wildman–Crippen LogP) is 6.88. The van der Waals surface area contributed by atoms with Gasteiger partial charge in [0.2, 0.25) is 5.69 Å². The van der Waals surface area contributed by atoms with Crippen molar-refractivity contribution >= 4 is 33.0 Å². The first-order chi connectivity index (χ1) is 14.2. The van der Waals surface area contributed by atoms with Gasteiger partial charge in [0.05, 0.1) is 5.41 Å². The Bertz CT molecular complexity index is 1130. The number of hydrogen-bond acceptors (Lipinski definition) is 1. The summed E-state index contributed by atoms with van der Waals surface area (Å²) >= 11 is 3.62. The number of para-hydroxylation sites is 1. The molecule has 0 saturated heterocycles. The first kappa shape index (κ1) is 20.9. The molecule has 0 aromatic heterocycles. The summed E-state index contributed by atoms with van der Waals surface area (Å²) in [5.41, 5.74) is 7.93. The lowest BCUT2D eigenvalue weighted by atomic mass is 9.81. The van der Waals surface area contributed by atoms with Crippen LogP contribution in [0.2, 0.25) is 0 Å². The van der Waals surface area contributed by atoms with Crippen LogP contribution in [0, 0.1) is 0 Å². The van der Waals surface area contributed by atoms with Gasteiger partial charge in [-0.05, 0) is 43.7 Å². The molecule has 0 bridgehead atoms. The molecule has 0 atom stereocenters. The molecule has 30 heavy (non-hydrogen) atoms. The standard InChI is InChI=1S/C27H30BrN2/c1-26(2)20-12-10-11-13-22(20)29(5)24(26)14-8-7-9-15-25-27(3,4)21-18-19(28)16-17-23(21)30(25)6/h7-18H,1-6H3/q+1. The average molecular weight is 462 g/mol. The number of allylic oxidation sites excluding steroid dienone is 6. The topological polar surface area (TPSA) is 6.25 Å². The number of nitrogens with zero attached hydrogens (tertiary/aromatic N) is 2. The van der Waals surface area contributed by atoms with E-state index >= 15 is 0 Å². The van der Waals surface area contributed by atoms with Crippen LogP contribution in [0.1, 0.15) is 38.8 Å². The van der Waals surface area contributed by atoms with E-state index in [1.165, 1.54) is 33.9 Å². The summed E-state index contributed by atoms with van der Waals surface area (Å²) in [7, 11) is 4.31. The van der Waals surface area contributed by atoms with Gasteiger partial charge in [0.1, 0.15) is 7.05 Å². The average Bonchev–Trinajstić information content (AvgIpc) is 3.01. The smallest absolute Gasteiger partial charge is 0.209 e. The lowest BCUT2D eigenvalue weighted by molar-refractivity contribution is -0.401. The fourth-order valence-corrected chi connectivity index (χ4v) is 5.33. The highest BCUT2D eigenvalue weighted by Gasteiger charge is 2.42. The molecule has 2 aliphatic rings. The molecule has 0 fully saturated rings. The van der Waals surface area contributed by atoms with Gasteiger partial charge < -0.3 is 4.90 Å². The minimum atomic E-state index is -0.0219. The highest BCUT2D eigenvalue weighted by Crippen LogP contribution is 2.47. The van der Waals surface area contributed by atoms with Gasteiger partial charge in [-0.3, -0.25) is 0 Å². The fourth-order valence-electron chi connectivity index (χ4n) is 4.97. The highest BCUT2D eigenvalue weighted by molar-refractivity contribution is 9.10. The third kappa shape index (κ3) is 3.20. The number of benzene rings is 2. The van der Waals surface area contributed by atoms with E-state index < -0.39 is 0 Å². The van der Waals surface area contributed by atoms with Crippen LogP contribution in [-0.4, -0.2) is 24.4 Å². The molecule has 0 N–H and O–H groups in total. The molecule has 0 radical (unpaired) electrons. The molecule has 3 heteroatoms. The van der Waals surface area contributed by atoms with Crippen molar-refractivity contribution < 1.29 is 4.58 Å². The van der Waals surface area contributed by atoms with Gasteiger partial charge in [-0.15, -0.1) is 0 Å². The van der Waals surface area contributed by atoms with Gasteiger partial charge >= 0.3 is 0 Å². The van der Waals surface area contributed by atoms with Crippen molar-refractivity contribution in [1.82, 2.24) is 0 Å². The second-order valence-corrected chi connectivity index (χ2v) is 10.1. The number of anilines is 1. The van der Waals surface area contributed by atoms with E-state index in [4.69, 9.17) is 0 Å². The summed E-state index contributed by atoms with van der Waals surface area (Å²) in [6.45, 7) is 9.18. The quantitative estimate of drug-likeness (QED) is 0.356. The minimum absolute atomic E-state index is 0.0108. The highest BCUT2D eigenvalue weighted by atomic mass is 79.9. The van der Waals surface area contributed by atoms with Crippen LogP contribution in [0.5, 0.6) is 0 Å². The molecule has 0 unspecified atom stereocenters. The van der Waals surface area contributed by atoms with Gasteiger partial charge in [-0.25, -0.2) is 0 Å². The van der Waals surface area contributed by atoms with Crippen LogP contribution in [0.25, 0.3) is 0 Å². The SMILES string of the molecule is CN1\C(=C/C=C/C=C/C2=[N+](C)c3ccccc3C2(C)C)C(C)(C)c2cc(Br)ccc21. The summed E-state index contributed by atoms with van der Waals surface area (Å²) in [5, 5.41) is 0. The van der Waals surface area contributed by atoms with Crippen LogP contribution in [0.4, 0.5) is 11.4 Å². The van der Waals surface area contributed by atoms with Crippen molar-refractivity contribution in [3.63, 3.8) is 0 Å². The third-order valence-corrected chi connectivity index (χ3v) is 7.16. The number of rotatable bonds is 3. The van der Waals surface area contributed by atoms with Crippen molar-refractivity contribution in [3.05, 3.63) is 94.1 Å². The van der Waals surface area contributed by atoms with Gasteiger partial charge in [-0.2, -0.15) is 4.58 Å². The maximum Gasteiger partial charge on any atom is 0.209 e. The van der Waals surface area contributed by atoms with E-state index in [9.17, 15) is 0 Å². The van der Waals surface area contributed by atoms with E-state index in [0.717, 1.165) is 4.47 Å². The molecule has 0 spiro atoms. The molecule has 2 aromatic carbocycles. The van der Waals surface area contributed by atoms with Crippen molar-refractivity contribution in [2.24, 2.45) is 0 Å². The number of hydrogen-bond donors (Lipinski definition) is 0. The lowest BCUT2D eigenvalue weighted by Gasteiger charge is -2.23. The molecular weight excluding hydrogens is 432 g/mol. The van der Waals surface area contributed by atoms with E-state index in [0.29, 0.717) is 0 Å². The number of fused-ring (bicyclic) bond motifs is 2. The van der Waals surface area contributed by atoms with Crippen molar-refractivity contribution in [1.29, 1.82) is 0 Å². The molecular formula is C27H30BrN2+. The normalized spacial score (nSPS) is 20.6. The maximum absolute atomic E-state index is 3.62. The first-order valence-electron chi connectivity index (χ1n) is 10.5. The summed E-state index contributed by atoms with van der Waals surface area (Å²) in [6, 6.07) is 15.2. The van der Waals surface area contributed by atoms with Crippen LogP contribution in [0.15, 0.2) is 83.0 Å². The Morgan fingerprint density at radius 1 is 0.900 bits per heavy atom. The Morgan fingerprint density at radius 3 is 2.37 bits per heavy atom. The van der Waals surface area contributed by atoms with E-state index in [1.807, 2.05) is 0 Å². The Labute approximate surface area is 189 Å². The first-order valence-corrected chi connectivity index (χ1v) is 11.2. The lowest BCUT2D eigenvalue weighted by Crippen LogP contribution is -2.26. The molecule has 2 aromatic rings. The Morgan fingerprint density at radius 2 is 1.63 bits per heavy atom. The van der Waals surface area contributed by atoms with Crippen molar-refractivity contribution in [2.45, 2.75) is 38.5 Å². The van der Waals surface area contributed by atoms with Gasteiger partial charge in [0, 0.05) is 46.0 Å². The molecule has 4 rings (SSSR count). The summed E-state index contributed by atoms with van der Waals surface area (Å²) in [5.74, 6) is 0. The summed E-state index contributed by atoms with van der Waals surface area (Å²) in [4.78, 5) is 2.30. The number of likely N-dealkylation sites (N-methyl/N-ethyl adjacent to an activating group) is 1. The van der Waals surface area contributed by atoms with Gasteiger partial charge in [0.25, 0.3) is 0 Å². The largest absolute Gasteiger partial charge is 0.347 e. The Hall–Kier alpha value is -2.39. The van der Waals surface area contributed by atoms with Crippen LogP contribution in [-0.2, 0) is 10.8 Å². The van der Waals surface area contributed by atoms with Crippen molar-refractivity contribution in [2.75, 3.05) is 19.0 Å². The van der Waals surface area contributed by atoms with Gasteiger partial charge in [0.15, 0.2) is 5.71 Å². The van der Waals surface area contributed by atoms with E-state index in [1.54, 1.807) is 0 Å². The van der Waals surface area contributed by atoms with Gasteiger partial charge in [-0.1, -0.05) is 66.2 Å². The second-order valence-electron chi connectivity index (χ2n) is 9.23. The molecule has 0 aliphatic carbocycles. The van der Waals surface area contributed by atoms with E-state index in [-0.39, 0.29) is 10.8 Å².